The normalized spacial score (nSPS) is 16.6. The first-order valence-electron chi connectivity index (χ1n) is 6.56. The number of nitrogens with zero attached hydrogens (tertiary/aromatic N) is 2. The molecule has 1 saturated carbocycles. The van der Waals surface area contributed by atoms with Gasteiger partial charge >= 0.3 is 6.18 Å². The van der Waals surface area contributed by atoms with Crippen molar-refractivity contribution < 1.29 is 21.6 Å². The summed E-state index contributed by atoms with van der Waals surface area (Å²) in [4.78, 5) is 0. The van der Waals surface area contributed by atoms with Gasteiger partial charge in [-0.3, -0.25) is 5.10 Å². The monoisotopic (exact) mass is 326 g/mol. The molecule has 0 atom stereocenters. The molecule has 0 spiro atoms. The molecular weight excluding hydrogens is 309 g/mol. The summed E-state index contributed by atoms with van der Waals surface area (Å²) in [5.41, 5.74) is 0.350. The lowest BCUT2D eigenvalue weighted by Gasteiger charge is -2.21. The van der Waals surface area contributed by atoms with E-state index in [2.05, 4.69) is 15.5 Å². The first-order valence-corrected chi connectivity index (χ1v) is 8.00. The molecule has 1 heterocycles. The number of hydrogen-bond acceptors (Lipinski definition) is 4. The highest BCUT2D eigenvalue weighted by atomic mass is 32.2. The second-order valence-electron chi connectivity index (χ2n) is 4.93. The maximum absolute atomic E-state index is 12.5. The standard InChI is InChI=1S/C11H17F3N4O2S/c1-2-18(7-11(12,13)14)21(19,20)10-8(6-16-17-10)5-15-9-3-4-9/h6,9,15H,2-5,7H2,1H3,(H,16,17). The van der Waals surface area contributed by atoms with E-state index in [0.717, 1.165) is 12.8 Å². The highest BCUT2D eigenvalue weighted by Gasteiger charge is 2.37. The summed E-state index contributed by atoms with van der Waals surface area (Å²) in [5.74, 6) is 0. The third-order valence-electron chi connectivity index (χ3n) is 3.14. The van der Waals surface area contributed by atoms with E-state index in [1.165, 1.54) is 13.1 Å². The van der Waals surface area contributed by atoms with Gasteiger partial charge in [0.15, 0.2) is 5.03 Å². The fourth-order valence-corrected chi connectivity index (χ4v) is 3.42. The van der Waals surface area contributed by atoms with E-state index >= 15 is 0 Å². The Bertz CT molecular complexity index is 581. The highest BCUT2D eigenvalue weighted by molar-refractivity contribution is 7.89. The van der Waals surface area contributed by atoms with Gasteiger partial charge < -0.3 is 5.32 Å². The van der Waals surface area contributed by atoms with Crippen molar-refractivity contribution in [3.05, 3.63) is 11.8 Å². The largest absolute Gasteiger partial charge is 0.402 e. The van der Waals surface area contributed by atoms with Gasteiger partial charge in [0.1, 0.15) is 6.54 Å². The summed E-state index contributed by atoms with van der Waals surface area (Å²) in [5, 5.41) is 8.79. The molecule has 10 heteroatoms. The van der Waals surface area contributed by atoms with Crippen molar-refractivity contribution in [3.63, 3.8) is 0 Å². The van der Waals surface area contributed by atoms with Crippen LogP contribution in [0.25, 0.3) is 0 Å². The van der Waals surface area contributed by atoms with Crippen LogP contribution in [0, 0.1) is 0 Å². The van der Waals surface area contributed by atoms with Crippen LogP contribution in [-0.2, 0) is 16.6 Å². The third kappa shape index (κ3) is 4.17. The predicted octanol–water partition coefficient (Wildman–Crippen LogP) is 1.23. The lowest BCUT2D eigenvalue weighted by Crippen LogP contribution is -2.39. The minimum atomic E-state index is -4.59. The number of nitrogens with one attached hydrogen (secondary N) is 2. The quantitative estimate of drug-likeness (QED) is 0.790. The SMILES string of the molecule is CCN(CC(F)(F)F)S(=O)(=O)c1[nH]ncc1CNC1CC1. The summed E-state index contributed by atoms with van der Waals surface area (Å²) in [6.07, 6.45) is -1.22. The average Bonchev–Trinajstić information content (AvgIpc) is 3.08. The van der Waals surface area contributed by atoms with Gasteiger partial charge in [0.05, 0.1) is 6.20 Å². The van der Waals surface area contributed by atoms with Crippen molar-refractivity contribution in [1.29, 1.82) is 0 Å². The minimum Gasteiger partial charge on any atom is -0.310 e. The Kier molecular flexibility index (Phi) is 4.59. The Hall–Kier alpha value is -1.13. The van der Waals surface area contributed by atoms with Crippen LogP contribution in [0.2, 0.25) is 0 Å². The maximum atomic E-state index is 12.5. The fraction of sp³-hybridized carbons (Fsp3) is 0.727. The molecule has 0 aliphatic heterocycles. The molecule has 1 aromatic heterocycles. The van der Waals surface area contributed by atoms with Gasteiger partial charge in [-0.05, 0) is 12.8 Å². The second-order valence-corrected chi connectivity index (χ2v) is 6.80. The van der Waals surface area contributed by atoms with Crippen molar-refractivity contribution in [2.75, 3.05) is 13.1 Å². The molecule has 21 heavy (non-hydrogen) atoms. The number of aromatic nitrogens is 2. The molecule has 1 aliphatic rings. The lowest BCUT2D eigenvalue weighted by atomic mass is 10.3. The first kappa shape index (κ1) is 16.2. The molecule has 0 saturated heterocycles. The van der Waals surface area contributed by atoms with E-state index in [0.29, 0.717) is 15.9 Å². The molecule has 0 aromatic carbocycles. The number of rotatable bonds is 7. The van der Waals surface area contributed by atoms with Crippen molar-refractivity contribution in [3.8, 4) is 0 Å². The Labute approximate surface area is 120 Å². The van der Waals surface area contributed by atoms with Gasteiger partial charge in [-0.25, -0.2) is 8.42 Å². The molecule has 6 nitrogen and oxygen atoms in total. The molecule has 0 amide bonds. The topological polar surface area (TPSA) is 78.1 Å². The number of sulfonamides is 1. The van der Waals surface area contributed by atoms with Crippen LogP contribution in [0.3, 0.4) is 0 Å². The van der Waals surface area contributed by atoms with Gasteiger partial charge in [0.2, 0.25) is 0 Å². The Morgan fingerprint density at radius 2 is 2.14 bits per heavy atom. The van der Waals surface area contributed by atoms with E-state index in [4.69, 9.17) is 0 Å². The number of hydrogen-bond donors (Lipinski definition) is 2. The molecule has 1 aromatic rings. The van der Waals surface area contributed by atoms with Crippen molar-refractivity contribution in [2.45, 2.75) is 43.6 Å². The molecule has 120 valence electrons. The Balaban J connectivity index is 2.18. The average molecular weight is 326 g/mol. The summed E-state index contributed by atoms with van der Waals surface area (Å²) in [6, 6.07) is 0.355. The highest BCUT2D eigenvalue weighted by Crippen LogP contribution is 2.24. The van der Waals surface area contributed by atoms with Crippen LogP contribution in [0.1, 0.15) is 25.3 Å². The zero-order valence-corrected chi connectivity index (χ0v) is 12.3. The number of alkyl halides is 3. The van der Waals surface area contributed by atoms with Gasteiger partial charge in [-0.1, -0.05) is 6.92 Å². The van der Waals surface area contributed by atoms with E-state index in [1.807, 2.05) is 0 Å². The van der Waals surface area contributed by atoms with E-state index in [9.17, 15) is 21.6 Å². The predicted molar refractivity (Wildman–Crippen MR) is 68.9 cm³/mol. The molecular formula is C11H17F3N4O2S. The van der Waals surface area contributed by atoms with Crippen LogP contribution in [-0.4, -0.2) is 48.2 Å². The summed E-state index contributed by atoms with van der Waals surface area (Å²) in [7, 11) is -4.24. The van der Waals surface area contributed by atoms with E-state index in [-0.39, 0.29) is 18.1 Å². The van der Waals surface area contributed by atoms with Crippen molar-refractivity contribution in [1.82, 2.24) is 19.8 Å². The molecule has 0 bridgehead atoms. The minimum absolute atomic E-state index is 0.263. The smallest absolute Gasteiger partial charge is 0.310 e. The van der Waals surface area contributed by atoms with Crippen molar-refractivity contribution in [2.24, 2.45) is 0 Å². The van der Waals surface area contributed by atoms with Crippen LogP contribution >= 0.6 is 0 Å². The maximum Gasteiger partial charge on any atom is 0.402 e. The number of aromatic amines is 1. The van der Waals surface area contributed by atoms with Gasteiger partial charge in [0.25, 0.3) is 10.0 Å². The van der Waals surface area contributed by atoms with Crippen LogP contribution in [0.15, 0.2) is 11.2 Å². The summed E-state index contributed by atoms with van der Waals surface area (Å²) < 4.78 is 62.5. The lowest BCUT2D eigenvalue weighted by molar-refractivity contribution is -0.135. The molecule has 2 rings (SSSR count). The zero-order valence-electron chi connectivity index (χ0n) is 11.4. The van der Waals surface area contributed by atoms with E-state index < -0.39 is 22.7 Å². The van der Waals surface area contributed by atoms with E-state index in [1.54, 1.807) is 0 Å². The molecule has 1 fully saturated rings. The number of H-pyrrole nitrogens is 1. The fourth-order valence-electron chi connectivity index (χ4n) is 1.89. The van der Waals surface area contributed by atoms with Gasteiger partial charge in [0, 0.05) is 24.7 Å². The van der Waals surface area contributed by atoms with Crippen LogP contribution in [0.4, 0.5) is 13.2 Å². The zero-order chi connectivity index (χ0) is 15.7. The number of halogens is 3. The molecule has 1 aliphatic carbocycles. The second kappa shape index (κ2) is 5.93. The molecule has 0 radical (unpaired) electrons. The molecule has 2 N–H and O–H groups in total. The molecule has 0 unspecified atom stereocenters. The van der Waals surface area contributed by atoms with Gasteiger partial charge in [-0.15, -0.1) is 0 Å². The van der Waals surface area contributed by atoms with Crippen LogP contribution in [0.5, 0.6) is 0 Å². The Morgan fingerprint density at radius 1 is 1.48 bits per heavy atom. The van der Waals surface area contributed by atoms with Crippen LogP contribution < -0.4 is 5.32 Å². The first-order chi connectivity index (χ1) is 9.74. The Morgan fingerprint density at radius 3 is 2.67 bits per heavy atom. The third-order valence-corrected chi connectivity index (χ3v) is 5.08. The van der Waals surface area contributed by atoms with Gasteiger partial charge in [-0.2, -0.15) is 22.6 Å². The summed E-state index contributed by atoms with van der Waals surface area (Å²) in [6.45, 7) is -0.155. The van der Waals surface area contributed by atoms with Crippen molar-refractivity contribution >= 4 is 10.0 Å². The summed E-state index contributed by atoms with van der Waals surface area (Å²) >= 11 is 0.